The van der Waals surface area contributed by atoms with E-state index in [4.69, 9.17) is 0 Å². The Kier molecular flexibility index (Phi) is 3.76. The van der Waals surface area contributed by atoms with Crippen LogP contribution in [0.15, 0.2) is 18.2 Å². The molecule has 3 nitrogen and oxygen atoms in total. The van der Waals surface area contributed by atoms with Crippen molar-refractivity contribution in [2.24, 2.45) is 5.92 Å². The maximum Gasteiger partial charge on any atom is 0.151 e. The lowest BCUT2D eigenvalue weighted by atomic mass is 10.2. The summed E-state index contributed by atoms with van der Waals surface area (Å²) < 4.78 is 28.5. The normalized spacial score (nSPS) is 14.7. The molecule has 0 saturated heterocycles. The second-order valence-electron chi connectivity index (χ2n) is 5.73. The molecule has 0 aliphatic heterocycles. The van der Waals surface area contributed by atoms with Crippen LogP contribution >= 0.6 is 0 Å². The van der Waals surface area contributed by atoms with Gasteiger partial charge in [0.2, 0.25) is 0 Å². The zero-order valence-electron chi connectivity index (χ0n) is 12.3. The highest BCUT2D eigenvalue weighted by Crippen LogP contribution is 2.28. The maximum atomic E-state index is 13.9. The molecule has 1 aliphatic carbocycles. The zero-order chi connectivity index (χ0) is 15.0. The molecule has 5 heteroatoms. The summed E-state index contributed by atoms with van der Waals surface area (Å²) in [6.45, 7) is 5.59. The van der Waals surface area contributed by atoms with E-state index in [1.54, 1.807) is 4.68 Å². The van der Waals surface area contributed by atoms with E-state index in [0.29, 0.717) is 0 Å². The Hall–Kier alpha value is -1.75. The number of nitrogens with zero attached hydrogens (tertiary/aromatic N) is 2. The van der Waals surface area contributed by atoms with E-state index in [1.165, 1.54) is 25.0 Å². The molecular weight excluding hydrogens is 272 g/mol. The zero-order valence-corrected chi connectivity index (χ0v) is 12.3. The summed E-state index contributed by atoms with van der Waals surface area (Å²) in [7, 11) is 0. The SMILES string of the molecule is Cc1nn(-c2ccc(F)cc2F)c(C)c1CNCC1CC1. The summed E-state index contributed by atoms with van der Waals surface area (Å²) in [6, 6.07) is 3.56. The number of nitrogens with one attached hydrogen (secondary N) is 1. The van der Waals surface area contributed by atoms with Crippen LogP contribution in [0.3, 0.4) is 0 Å². The van der Waals surface area contributed by atoms with Crippen molar-refractivity contribution in [2.75, 3.05) is 6.54 Å². The lowest BCUT2D eigenvalue weighted by Gasteiger charge is -2.07. The molecule has 1 heterocycles. The van der Waals surface area contributed by atoms with Crippen molar-refractivity contribution in [1.29, 1.82) is 0 Å². The van der Waals surface area contributed by atoms with E-state index in [0.717, 1.165) is 42.0 Å². The molecule has 0 spiro atoms. The highest BCUT2D eigenvalue weighted by Gasteiger charge is 2.21. The topological polar surface area (TPSA) is 29.9 Å². The number of rotatable bonds is 5. The van der Waals surface area contributed by atoms with Crippen LogP contribution in [0.1, 0.15) is 29.8 Å². The Morgan fingerprint density at radius 2 is 2.05 bits per heavy atom. The van der Waals surface area contributed by atoms with Gasteiger partial charge in [-0.15, -0.1) is 0 Å². The van der Waals surface area contributed by atoms with Gasteiger partial charge < -0.3 is 5.32 Å². The highest BCUT2D eigenvalue weighted by atomic mass is 19.1. The first-order valence-electron chi connectivity index (χ1n) is 7.27. The van der Waals surface area contributed by atoms with Gasteiger partial charge in [0.1, 0.15) is 11.5 Å². The molecule has 1 aromatic carbocycles. The van der Waals surface area contributed by atoms with E-state index in [-0.39, 0.29) is 5.69 Å². The Balaban J connectivity index is 1.85. The third-order valence-corrected chi connectivity index (χ3v) is 4.01. The number of hydrogen-bond donors (Lipinski definition) is 1. The van der Waals surface area contributed by atoms with Crippen molar-refractivity contribution in [3.63, 3.8) is 0 Å². The fourth-order valence-electron chi connectivity index (χ4n) is 2.54. The third kappa shape index (κ3) is 2.97. The molecule has 1 N–H and O–H groups in total. The maximum absolute atomic E-state index is 13.9. The van der Waals surface area contributed by atoms with Gasteiger partial charge in [-0.25, -0.2) is 13.5 Å². The van der Waals surface area contributed by atoms with Crippen LogP contribution in [-0.2, 0) is 6.54 Å². The largest absolute Gasteiger partial charge is 0.312 e. The standard InChI is InChI=1S/C16H19F2N3/c1-10-14(9-19-8-12-3-4-12)11(2)21(20-10)16-6-5-13(17)7-15(16)18/h5-7,12,19H,3-4,8-9H2,1-2H3. The van der Waals surface area contributed by atoms with E-state index >= 15 is 0 Å². The summed E-state index contributed by atoms with van der Waals surface area (Å²) in [5.41, 5.74) is 3.13. The summed E-state index contributed by atoms with van der Waals surface area (Å²) >= 11 is 0. The molecule has 1 fully saturated rings. The lowest BCUT2D eigenvalue weighted by molar-refractivity contribution is 0.572. The van der Waals surface area contributed by atoms with Crippen molar-refractivity contribution in [2.45, 2.75) is 33.2 Å². The molecule has 21 heavy (non-hydrogen) atoms. The van der Waals surface area contributed by atoms with Crippen LogP contribution in [0.5, 0.6) is 0 Å². The molecule has 0 atom stereocenters. The Bertz CT molecular complexity index is 660. The van der Waals surface area contributed by atoms with Crippen LogP contribution in [0.4, 0.5) is 8.78 Å². The van der Waals surface area contributed by atoms with Crippen LogP contribution in [-0.4, -0.2) is 16.3 Å². The second kappa shape index (κ2) is 5.56. The van der Waals surface area contributed by atoms with Gasteiger partial charge in [-0.05, 0) is 51.3 Å². The minimum Gasteiger partial charge on any atom is -0.312 e. The van der Waals surface area contributed by atoms with Gasteiger partial charge in [0.05, 0.1) is 5.69 Å². The molecule has 1 aromatic heterocycles. The minimum absolute atomic E-state index is 0.283. The van der Waals surface area contributed by atoms with E-state index < -0.39 is 11.6 Å². The van der Waals surface area contributed by atoms with Crippen molar-refractivity contribution in [3.05, 3.63) is 46.8 Å². The predicted octanol–water partition coefficient (Wildman–Crippen LogP) is 3.27. The van der Waals surface area contributed by atoms with Gasteiger partial charge in [-0.2, -0.15) is 5.10 Å². The van der Waals surface area contributed by atoms with Crippen molar-refractivity contribution < 1.29 is 8.78 Å². The quantitative estimate of drug-likeness (QED) is 0.916. The first-order valence-corrected chi connectivity index (χ1v) is 7.27. The number of aromatic nitrogens is 2. The molecule has 2 aromatic rings. The average molecular weight is 291 g/mol. The van der Waals surface area contributed by atoms with Crippen molar-refractivity contribution in [3.8, 4) is 5.69 Å². The summed E-state index contributed by atoms with van der Waals surface area (Å²) in [4.78, 5) is 0. The van der Waals surface area contributed by atoms with Crippen LogP contribution in [0, 0.1) is 31.4 Å². The predicted molar refractivity (Wildman–Crippen MR) is 77.4 cm³/mol. The van der Waals surface area contributed by atoms with Gasteiger partial charge in [0.25, 0.3) is 0 Å². The smallest absolute Gasteiger partial charge is 0.151 e. The fourth-order valence-corrected chi connectivity index (χ4v) is 2.54. The lowest BCUT2D eigenvalue weighted by Crippen LogP contribution is -2.17. The third-order valence-electron chi connectivity index (χ3n) is 4.01. The molecule has 3 rings (SSSR count). The average Bonchev–Trinajstić information content (AvgIpc) is 3.20. The highest BCUT2D eigenvalue weighted by molar-refractivity contribution is 5.38. The van der Waals surface area contributed by atoms with Gasteiger partial charge in [0.15, 0.2) is 5.82 Å². The van der Waals surface area contributed by atoms with Gasteiger partial charge in [-0.3, -0.25) is 0 Å². The number of aryl methyl sites for hydroxylation is 1. The van der Waals surface area contributed by atoms with Crippen molar-refractivity contribution in [1.82, 2.24) is 15.1 Å². The van der Waals surface area contributed by atoms with Gasteiger partial charge >= 0.3 is 0 Å². The number of halogens is 2. The Labute approximate surface area is 123 Å². The first kappa shape index (κ1) is 14.2. The number of benzene rings is 1. The monoisotopic (exact) mass is 291 g/mol. The Morgan fingerprint density at radius 1 is 1.29 bits per heavy atom. The molecule has 0 radical (unpaired) electrons. The van der Waals surface area contributed by atoms with Crippen LogP contribution in [0.25, 0.3) is 5.69 Å². The first-order chi connectivity index (χ1) is 10.1. The van der Waals surface area contributed by atoms with Crippen LogP contribution in [0.2, 0.25) is 0 Å². The van der Waals surface area contributed by atoms with Crippen LogP contribution < -0.4 is 5.32 Å². The molecule has 112 valence electrons. The molecule has 0 amide bonds. The van der Waals surface area contributed by atoms with Gasteiger partial charge in [0, 0.05) is 23.9 Å². The minimum atomic E-state index is -0.599. The summed E-state index contributed by atoms with van der Waals surface area (Å²) in [5.74, 6) is -0.364. The van der Waals surface area contributed by atoms with Gasteiger partial charge in [-0.1, -0.05) is 0 Å². The summed E-state index contributed by atoms with van der Waals surface area (Å²) in [5, 5.41) is 7.83. The fraction of sp³-hybridized carbons (Fsp3) is 0.438. The molecule has 0 unspecified atom stereocenters. The molecule has 1 aliphatic rings. The van der Waals surface area contributed by atoms with E-state index in [9.17, 15) is 8.78 Å². The second-order valence-corrected chi connectivity index (χ2v) is 5.73. The number of hydrogen-bond acceptors (Lipinski definition) is 2. The van der Waals surface area contributed by atoms with E-state index in [2.05, 4.69) is 10.4 Å². The molecule has 0 bridgehead atoms. The van der Waals surface area contributed by atoms with E-state index in [1.807, 2.05) is 13.8 Å². The molecular formula is C16H19F2N3. The van der Waals surface area contributed by atoms with Crippen molar-refractivity contribution >= 4 is 0 Å². The Morgan fingerprint density at radius 3 is 2.71 bits per heavy atom. The molecule has 1 saturated carbocycles. The summed E-state index contributed by atoms with van der Waals surface area (Å²) in [6.07, 6.45) is 2.62.